The Balaban J connectivity index is 2.34. The van der Waals surface area contributed by atoms with E-state index in [0.29, 0.717) is 5.95 Å². The molecule has 7 heteroatoms. The second-order valence-corrected chi connectivity index (χ2v) is 4.48. The van der Waals surface area contributed by atoms with Gasteiger partial charge in [0.05, 0.1) is 0 Å². The summed E-state index contributed by atoms with van der Waals surface area (Å²) in [6, 6.07) is 4.55. The van der Waals surface area contributed by atoms with Gasteiger partial charge in [-0.1, -0.05) is 6.07 Å². The lowest BCUT2D eigenvalue weighted by Crippen LogP contribution is -2.25. The number of halogens is 1. The summed E-state index contributed by atoms with van der Waals surface area (Å²) in [6.45, 7) is 7.24. The molecule has 2 rings (SSSR count). The summed E-state index contributed by atoms with van der Waals surface area (Å²) in [5.41, 5.74) is 6.54. The number of rotatable bonds is 5. The van der Waals surface area contributed by atoms with Gasteiger partial charge >= 0.3 is 6.01 Å². The Kier molecular flexibility index (Phi) is 4.52. The van der Waals surface area contributed by atoms with Crippen LogP contribution in [0.5, 0.6) is 11.8 Å². The lowest BCUT2D eigenvalue weighted by atomic mass is 10.2. The van der Waals surface area contributed by atoms with Crippen LogP contribution in [0.3, 0.4) is 0 Å². The number of hydrogen-bond donors (Lipinski definition) is 1. The normalized spacial score (nSPS) is 10.5. The molecule has 6 nitrogen and oxygen atoms in total. The molecule has 2 aromatic rings. The van der Waals surface area contributed by atoms with Crippen LogP contribution in [0.15, 0.2) is 18.2 Å². The Bertz CT molecular complexity index is 631. The summed E-state index contributed by atoms with van der Waals surface area (Å²) in [6.07, 6.45) is 0. The first-order chi connectivity index (χ1) is 10.0. The fourth-order valence-corrected chi connectivity index (χ4v) is 1.84. The minimum atomic E-state index is -0.482. The maximum absolute atomic E-state index is 13.7. The van der Waals surface area contributed by atoms with E-state index in [2.05, 4.69) is 15.0 Å². The Morgan fingerprint density at radius 2 is 1.90 bits per heavy atom. The van der Waals surface area contributed by atoms with E-state index in [1.54, 1.807) is 12.1 Å². The molecule has 0 spiro atoms. The number of nitrogen functional groups attached to an aromatic ring is 1. The molecule has 0 bridgehead atoms. The van der Waals surface area contributed by atoms with Gasteiger partial charge in [-0.25, -0.2) is 4.39 Å². The van der Waals surface area contributed by atoms with E-state index >= 15 is 0 Å². The van der Waals surface area contributed by atoms with Gasteiger partial charge in [0.15, 0.2) is 11.6 Å². The number of nitrogens with zero attached hydrogens (tertiary/aromatic N) is 4. The average molecular weight is 291 g/mol. The van der Waals surface area contributed by atoms with Crippen LogP contribution >= 0.6 is 0 Å². The van der Waals surface area contributed by atoms with Crippen molar-refractivity contribution in [3.05, 3.63) is 29.6 Å². The second-order valence-electron chi connectivity index (χ2n) is 4.48. The van der Waals surface area contributed by atoms with Crippen molar-refractivity contribution < 1.29 is 9.13 Å². The third-order valence-electron chi connectivity index (χ3n) is 2.95. The monoisotopic (exact) mass is 291 g/mol. The molecule has 0 atom stereocenters. The topological polar surface area (TPSA) is 77.2 Å². The van der Waals surface area contributed by atoms with Crippen molar-refractivity contribution in [3.8, 4) is 11.8 Å². The standard InChI is InChI=1S/C14H18FN5O/c1-4-20(5-2)13-17-12(16)18-14(19-13)21-11-8-9(3)6-7-10(11)15/h6-8H,4-5H2,1-3H3,(H2,16,17,18,19). The van der Waals surface area contributed by atoms with E-state index in [9.17, 15) is 4.39 Å². The van der Waals surface area contributed by atoms with Crippen LogP contribution in [-0.4, -0.2) is 28.0 Å². The fraction of sp³-hybridized carbons (Fsp3) is 0.357. The minimum absolute atomic E-state index is 0.0195. The smallest absolute Gasteiger partial charge is 0.328 e. The van der Waals surface area contributed by atoms with E-state index < -0.39 is 5.82 Å². The molecule has 0 saturated heterocycles. The molecular weight excluding hydrogens is 273 g/mol. The van der Waals surface area contributed by atoms with E-state index in [1.807, 2.05) is 25.7 Å². The van der Waals surface area contributed by atoms with E-state index in [1.165, 1.54) is 6.07 Å². The Morgan fingerprint density at radius 1 is 1.19 bits per heavy atom. The van der Waals surface area contributed by atoms with E-state index in [0.717, 1.165) is 18.7 Å². The highest BCUT2D eigenvalue weighted by Gasteiger charge is 2.13. The van der Waals surface area contributed by atoms with Crippen molar-refractivity contribution in [1.82, 2.24) is 15.0 Å². The molecule has 2 N–H and O–H groups in total. The zero-order chi connectivity index (χ0) is 15.4. The fourth-order valence-electron chi connectivity index (χ4n) is 1.84. The van der Waals surface area contributed by atoms with Gasteiger partial charge in [-0.05, 0) is 38.5 Å². The predicted molar refractivity (Wildman–Crippen MR) is 79.0 cm³/mol. The molecule has 1 aromatic carbocycles. The van der Waals surface area contributed by atoms with Gasteiger partial charge in [0.25, 0.3) is 0 Å². The number of anilines is 2. The summed E-state index contributed by atoms with van der Waals surface area (Å²) in [4.78, 5) is 14.0. The summed E-state index contributed by atoms with van der Waals surface area (Å²) in [7, 11) is 0. The summed E-state index contributed by atoms with van der Waals surface area (Å²) in [5, 5.41) is 0. The molecule has 0 aliphatic carbocycles. The van der Waals surface area contributed by atoms with E-state index in [-0.39, 0.29) is 17.7 Å². The summed E-state index contributed by atoms with van der Waals surface area (Å²) < 4.78 is 19.1. The number of nitrogens with two attached hydrogens (primary N) is 1. The average Bonchev–Trinajstić information content (AvgIpc) is 2.44. The van der Waals surface area contributed by atoms with Crippen molar-refractivity contribution in [1.29, 1.82) is 0 Å². The molecule has 0 amide bonds. The molecule has 1 heterocycles. The van der Waals surface area contributed by atoms with Gasteiger partial charge in [-0.2, -0.15) is 15.0 Å². The molecule has 0 saturated carbocycles. The lowest BCUT2D eigenvalue weighted by molar-refractivity contribution is 0.409. The molecule has 0 aliphatic rings. The molecule has 21 heavy (non-hydrogen) atoms. The predicted octanol–water partition coefficient (Wildman–Crippen LogP) is 2.54. The molecule has 112 valence electrons. The van der Waals surface area contributed by atoms with Crippen molar-refractivity contribution >= 4 is 11.9 Å². The van der Waals surface area contributed by atoms with Crippen LogP contribution in [0.2, 0.25) is 0 Å². The SMILES string of the molecule is CCN(CC)c1nc(N)nc(Oc2cc(C)ccc2F)n1. The molecule has 0 unspecified atom stereocenters. The quantitative estimate of drug-likeness (QED) is 0.912. The maximum atomic E-state index is 13.7. The Hall–Kier alpha value is -2.44. The highest BCUT2D eigenvalue weighted by Crippen LogP contribution is 2.24. The molecule has 0 fully saturated rings. The van der Waals surface area contributed by atoms with Crippen molar-refractivity contribution in [2.45, 2.75) is 20.8 Å². The van der Waals surface area contributed by atoms with Gasteiger partial charge in [-0.15, -0.1) is 0 Å². The van der Waals surface area contributed by atoms with Gasteiger partial charge in [0, 0.05) is 13.1 Å². The third-order valence-corrected chi connectivity index (χ3v) is 2.95. The first-order valence-electron chi connectivity index (χ1n) is 6.74. The molecular formula is C14H18FN5O. The number of aromatic nitrogens is 3. The molecule has 1 aromatic heterocycles. The summed E-state index contributed by atoms with van der Waals surface area (Å²) in [5.74, 6) is 0.0283. The number of benzene rings is 1. The lowest BCUT2D eigenvalue weighted by Gasteiger charge is -2.18. The Morgan fingerprint density at radius 3 is 2.57 bits per heavy atom. The molecule has 0 aliphatic heterocycles. The first-order valence-corrected chi connectivity index (χ1v) is 6.74. The van der Waals surface area contributed by atoms with Crippen LogP contribution in [-0.2, 0) is 0 Å². The van der Waals surface area contributed by atoms with Crippen LogP contribution < -0.4 is 15.4 Å². The van der Waals surface area contributed by atoms with Crippen LogP contribution in [0.25, 0.3) is 0 Å². The molecule has 0 radical (unpaired) electrons. The first kappa shape index (κ1) is 15.0. The Labute approximate surface area is 122 Å². The maximum Gasteiger partial charge on any atom is 0.328 e. The minimum Gasteiger partial charge on any atom is -0.421 e. The van der Waals surface area contributed by atoms with Crippen LogP contribution in [0, 0.1) is 12.7 Å². The summed E-state index contributed by atoms with van der Waals surface area (Å²) >= 11 is 0. The van der Waals surface area contributed by atoms with Gasteiger partial charge < -0.3 is 15.4 Å². The number of aryl methyl sites for hydroxylation is 1. The van der Waals surface area contributed by atoms with Crippen molar-refractivity contribution in [2.24, 2.45) is 0 Å². The van der Waals surface area contributed by atoms with Crippen LogP contribution in [0.1, 0.15) is 19.4 Å². The largest absolute Gasteiger partial charge is 0.421 e. The third kappa shape index (κ3) is 3.56. The van der Waals surface area contributed by atoms with Gasteiger partial charge in [-0.3, -0.25) is 0 Å². The highest BCUT2D eigenvalue weighted by atomic mass is 19.1. The zero-order valence-corrected chi connectivity index (χ0v) is 12.3. The van der Waals surface area contributed by atoms with Crippen molar-refractivity contribution in [2.75, 3.05) is 23.7 Å². The van der Waals surface area contributed by atoms with E-state index in [4.69, 9.17) is 10.5 Å². The number of ether oxygens (including phenoxy) is 1. The zero-order valence-electron chi connectivity index (χ0n) is 12.3. The van der Waals surface area contributed by atoms with Gasteiger partial charge in [0.2, 0.25) is 11.9 Å². The highest BCUT2D eigenvalue weighted by molar-refractivity contribution is 5.37. The second kappa shape index (κ2) is 6.34. The van der Waals surface area contributed by atoms with Crippen molar-refractivity contribution in [3.63, 3.8) is 0 Å². The van der Waals surface area contributed by atoms with Gasteiger partial charge in [0.1, 0.15) is 0 Å². The van der Waals surface area contributed by atoms with Crippen LogP contribution in [0.4, 0.5) is 16.3 Å². The number of hydrogen-bond acceptors (Lipinski definition) is 6.